The summed E-state index contributed by atoms with van der Waals surface area (Å²) < 4.78 is 23.9. The minimum atomic E-state index is -0.586. The highest BCUT2D eigenvalue weighted by molar-refractivity contribution is 5.81. The molecule has 1 atom stereocenters. The van der Waals surface area contributed by atoms with E-state index in [1.54, 1.807) is 7.11 Å². The number of rotatable bonds is 9. The largest absolute Gasteiger partial charge is 0.496 e. The summed E-state index contributed by atoms with van der Waals surface area (Å²) in [7, 11) is 1.65. The molecule has 2 aromatic carbocycles. The molecule has 4 nitrogen and oxygen atoms in total. The Morgan fingerprint density at radius 1 is 1.16 bits per heavy atom. The van der Waals surface area contributed by atoms with E-state index in [0.717, 1.165) is 24.2 Å². The summed E-state index contributed by atoms with van der Waals surface area (Å²) in [5, 5.41) is 2.89. The van der Waals surface area contributed by atoms with E-state index in [1.807, 2.05) is 31.2 Å². The molecule has 2 rings (SSSR count). The molecule has 0 heterocycles. The van der Waals surface area contributed by atoms with E-state index in [4.69, 9.17) is 9.47 Å². The van der Waals surface area contributed by atoms with Gasteiger partial charge in [-0.3, -0.25) is 4.79 Å². The standard InChI is InChI=1S/C20H24FNO3/c1-3-18(25-17-12-10-16(21)11-13-17)20(23)22-14-6-8-15-7-4-5-9-19(15)24-2/h4-5,7,9-13,18H,3,6,8,14H2,1-2H3,(H,22,23). The van der Waals surface area contributed by atoms with Gasteiger partial charge in [0.2, 0.25) is 0 Å². The minimum absolute atomic E-state index is 0.160. The van der Waals surface area contributed by atoms with Crippen molar-refractivity contribution in [2.75, 3.05) is 13.7 Å². The Kier molecular flexibility index (Phi) is 7.26. The molecule has 0 fully saturated rings. The second kappa shape index (κ2) is 9.67. The molecule has 0 radical (unpaired) electrons. The Balaban J connectivity index is 1.78. The topological polar surface area (TPSA) is 47.6 Å². The number of ether oxygens (including phenoxy) is 2. The number of halogens is 1. The molecule has 0 aliphatic carbocycles. The van der Waals surface area contributed by atoms with Crippen LogP contribution in [0.25, 0.3) is 0 Å². The van der Waals surface area contributed by atoms with E-state index in [9.17, 15) is 9.18 Å². The molecular formula is C20H24FNO3. The molecule has 2 aromatic rings. The van der Waals surface area contributed by atoms with Crippen LogP contribution < -0.4 is 14.8 Å². The average Bonchev–Trinajstić information content (AvgIpc) is 2.64. The number of aryl methyl sites for hydroxylation is 1. The van der Waals surface area contributed by atoms with Crippen LogP contribution in [-0.2, 0) is 11.2 Å². The number of nitrogens with one attached hydrogen (secondary N) is 1. The van der Waals surface area contributed by atoms with Crippen molar-refractivity contribution in [2.24, 2.45) is 0 Å². The van der Waals surface area contributed by atoms with Crippen LogP contribution in [0.2, 0.25) is 0 Å². The fraction of sp³-hybridized carbons (Fsp3) is 0.350. The third-order valence-corrected chi connectivity index (χ3v) is 3.87. The van der Waals surface area contributed by atoms with E-state index < -0.39 is 6.10 Å². The first-order valence-electron chi connectivity index (χ1n) is 8.46. The monoisotopic (exact) mass is 345 g/mol. The Bertz CT molecular complexity index is 673. The van der Waals surface area contributed by atoms with E-state index >= 15 is 0 Å². The molecule has 0 aliphatic heterocycles. The number of methoxy groups -OCH3 is 1. The first-order chi connectivity index (χ1) is 12.1. The molecule has 0 aliphatic rings. The van der Waals surface area contributed by atoms with Crippen molar-refractivity contribution in [3.8, 4) is 11.5 Å². The van der Waals surface area contributed by atoms with Gasteiger partial charge in [0, 0.05) is 6.54 Å². The van der Waals surface area contributed by atoms with E-state index in [-0.39, 0.29) is 11.7 Å². The van der Waals surface area contributed by atoms with Gasteiger partial charge in [0.1, 0.15) is 17.3 Å². The summed E-state index contributed by atoms with van der Waals surface area (Å²) in [6, 6.07) is 13.5. The van der Waals surface area contributed by atoms with Gasteiger partial charge in [-0.05, 0) is 55.2 Å². The van der Waals surface area contributed by atoms with Crippen molar-refractivity contribution in [1.29, 1.82) is 0 Å². The van der Waals surface area contributed by atoms with Crippen LogP contribution in [0.4, 0.5) is 4.39 Å². The van der Waals surface area contributed by atoms with Crippen molar-refractivity contribution < 1.29 is 18.7 Å². The van der Waals surface area contributed by atoms with Gasteiger partial charge in [-0.2, -0.15) is 0 Å². The zero-order chi connectivity index (χ0) is 18.1. The van der Waals surface area contributed by atoms with Crippen LogP contribution in [-0.4, -0.2) is 25.7 Å². The summed E-state index contributed by atoms with van der Waals surface area (Å²) in [6.45, 7) is 2.43. The lowest BCUT2D eigenvalue weighted by atomic mass is 10.1. The molecule has 5 heteroatoms. The second-order valence-electron chi connectivity index (χ2n) is 5.68. The van der Waals surface area contributed by atoms with Crippen LogP contribution >= 0.6 is 0 Å². The number of amides is 1. The molecule has 1 amide bonds. The quantitative estimate of drug-likeness (QED) is 0.704. The van der Waals surface area contributed by atoms with Gasteiger partial charge in [0.25, 0.3) is 5.91 Å². The zero-order valence-electron chi connectivity index (χ0n) is 14.6. The Morgan fingerprint density at radius 3 is 2.56 bits per heavy atom. The highest BCUT2D eigenvalue weighted by atomic mass is 19.1. The van der Waals surface area contributed by atoms with Gasteiger partial charge >= 0.3 is 0 Å². The second-order valence-corrected chi connectivity index (χ2v) is 5.68. The molecule has 0 aromatic heterocycles. The lowest BCUT2D eigenvalue weighted by Gasteiger charge is -2.17. The van der Waals surface area contributed by atoms with Crippen LogP contribution in [0.1, 0.15) is 25.3 Å². The molecule has 1 unspecified atom stereocenters. The smallest absolute Gasteiger partial charge is 0.261 e. The minimum Gasteiger partial charge on any atom is -0.496 e. The zero-order valence-corrected chi connectivity index (χ0v) is 14.6. The summed E-state index contributed by atoms with van der Waals surface area (Å²) in [4.78, 5) is 12.2. The van der Waals surface area contributed by atoms with E-state index in [0.29, 0.717) is 18.7 Å². The maximum absolute atomic E-state index is 12.9. The molecule has 0 bridgehead atoms. The molecule has 0 saturated carbocycles. The van der Waals surface area contributed by atoms with Crippen molar-refractivity contribution >= 4 is 5.91 Å². The molecule has 0 spiro atoms. The fourth-order valence-electron chi connectivity index (χ4n) is 2.51. The Labute approximate surface area is 148 Å². The lowest BCUT2D eigenvalue weighted by Crippen LogP contribution is -2.38. The number of benzene rings is 2. The number of para-hydroxylation sites is 1. The molecule has 1 N–H and O–H groups in total. The van der Waals surface area contributed by atoms with E-state index in [1.165, 1.54) is 24.3 Å². The van der Waals surface area contributed by atoms with Crippen LogP contribution in [0.5, 0.6) is 11.5 Å². The van der Waals surface area contributed by atoms with Crippen LogP contribution in [0, 0.1) is 5.82 Å². The van der Waals surface area contributed by atoms with Gasteiger partial charge in [-0.25, -0.2) is 4.39 Å². The highest BCUT2D eigenvalue weighted by Gasteiger charge is 2.17. The predicted octanol–water partition coefficient (Wildman–Crippen LogP) is 3.74. The predicted molar refractivity (Wildman–Crippen MR) is 95.4 cm³/mol. The first-order valence-corrected chi connectivity index (χ1v) is 8.46. The number of carbonyl (C=O) groups excluding carboxylic acids is 1. The molecule has 134 valence electrons. The molecule has 25 heavy (non-hydrogen) atoms. The van der Waals surface area contributed by atoms with Crippen LogP contribution in [0.15, 0.2) is 48.5 Å². The highest BCUT2D eigenvalue weighted by Crippen LogP contribution is 2.18. The fourth-order valence-corrected chi connectivity index (χ4v) is 2.51. The van der Waals surface area contributed by atoms with Crippen molar-refractivity contribution in [3.05, 3.63) is 59.9 Å². The maximum atomic E-state index is 12.9. The third kappa shape index (κ3) is 5.78. The first kappa shape index (κ1) is 18.8. The molecule has 0 saturated heterocycles. The van der Waals surface area contributed by atoms with Gasteiger partial charge in [0.05, 0.1) is 7.11 Å². The van der Waals surface area contributed by atoms with Crippen molar-refractivity contribution in [1.82, 2.24) is 5.32 Å². The molecular weight excluding hydrogens is 321 g/mol. The Morgan fingerprint density at radius 2 is 1.88 bits per heavy atom. The van der Waals surface area contributed by atoms with Gasteiger partial charge in [0.15, 0.2) is 6.10 Å². The van der Waals surface area contributed by atoms with Crippen molar-refractivity contribution in [2.45, 2.75) is 32.3 Å². The van der Waals surface area contributed by atoms with Crippen molar-refractivity contribution in [3.63, 3.8) is 0 Å². The maximum Gasteiger partial charge on any atom is 0.261 e. The third-order valence-electron chi connectivity index (χ3n) is 3.87. The van der Waals surface area contributed by atoms with E-state index in [2.05, 4.69) is 5.32 Å². The summed E-state index contributed by atoms with van der Waals surface area (Å²) in [5.74, 6) is 0.852. The summed E-state index contributed by atoms with van der Waals surface area (Å²) in [5.41, 5.74) is 1.12. The SMILES string of the molecule is CCC(Oc1ccc(F)cc1)C(=O)NCCCc1ccccc1OC. The van der Waals surface area contributed by atoms with Crippen LogP contribution in [0.3, 0.4) is 0 Å². The number of hydrogen-bond donors (Lipinski definition) is 1. The van der Waals surface area contributed by atoms with Gasteiger partial charge in [-0.1, -0.05) is 25.1 Å². The normalized spacial score (nSPS) is 11.6. The lowest BCUT2D eigenvalue weighted by molar-refractivity contribution is -0.128. The summed E-state index contributed by atoms with van der Waals surface area (Å²) >= 11 is 0. The summed E-state index contributed by atoms with van der Waals surface area (Å²) in [6.07, 6.45) is 1.58. The number of carbonyl (C=O) groups is 1. The number of hydrogen-bond acceptors (Lipinski definition) is 3. The Hall–Kier alpha value is -2.56. The van der Waals surface area contributed by atoms with Gasteiger partial charge in [-0.15, -0.1) is 0 Å². The van der Waals surface area contributed by atoms with Gasteiger partial charge < -0.3 is 14.8 Å². The average molecular weight is 345 g/mol.